The molecule has 4 heteroatoms. The zero-order valence-electron chi connectivity index (χ0n) is 18.7. The van der Waals surface area contributed by atoms with Crippen LogP contribution in [0.4, 0.5) is 0 Å². The van der Waals surface area contributed by atoms with Crippen LogP contribution < -0.4 is 5.32 Å². The maximum atomic E-state index is 12.4. The topological polar surface area (TPSA) is 62.2 Å². The molecule has 0 aromatic carbocycles. The summed E-state index contributed by atoms with van der Waals surface area (Å²) in [5.74, 6) is 2.41. The van der Waals surface area contributed by atoms with Crippen molar-refractivity contribution in [2.75, 3.05) is 6.54 Å². The Bertz CT molecular complexity index is 799. The first-order valence-corrected chi connectivity index (χ1v) is 11.3. The van der Waals surface area contributed by atoms with Gasteiger partial charge in [0.15, 0.2) is 0 Å². The van der Waals surface area contributed by atoms with Gasteiger partial charge < -0.3 is 10.4 Å². The second-order valence-corrected chi connectivity index (χ2v) is 9.22. The molecule has 3 rings (SSSR count). The number of carbonyl (C=O) groups excluding carboxylic acids is 1. The van der Waals surface area contributed by atoms with Gasteiger partial charge in [0.1, 0.15) is 0 Å². The summed E-state index contributed by atoms with van der Waals surface area (Å²) in [4.78, 5) is 16.4. The molecule has 0 radical (unpaired) electrons. The predicted octanol–water partition coefficient (Wildman–Crippen LogP) is 4.33. The van der Waals surface area contributed by atoms with Crippen LogP contribution in [0.1, 0.15) is 39.7 Å². The average molecular weight is 409 g/mol. The van der Waals surface area contributed by atoms with E-state index in [1.807, 2.05) is 31.2 Å². The molecule has 2 N–H and O–H groups in total. The monoisotopic (exact) mass is 408 g/mol. The average Bonchev–Trinajstić information content (AvgIpc) is 2.74. The number of fused-ring (bicyclic) bond motifs is 1. The summed E-state index contributed by atoms with van der Waals surface area (Å²) >= 11 is 0. The van der Waals surface area contributed by atoms with Gasteiger partial charge in [-0.25, -0.2) is 0 Å². The third kappa shape index (κ3) is 5.28. The minimum Gasteiger partial charge on any atom is -0.393 e. The molecule has 0 aliphatic heterocycles. The van der Waals surface area contributed by atoms with E-state index in [4.69, 9.17) is 0 Å². The molecule has 30 heavy (non-hydrogen) atoms. The predicted molar refractivity (Wildman–Crippen MR) is 122 cm³/mol. The zero-order chi connectivity index (χ0) is 21.7. The number of allylic oxidation sites excluding steroid dienone is 5. The Morgan fingerprint density at radius 1 is 1.23 bits per heavy atom. The zero-order valence-corrected chi connectivity index (χ0v) is 18.7. The number of rotatable bonds is 6. The van der Waals surface area contributed by atoms with Gasteiger partial charge in [-0.1, -0.05) is 51.2 Å². The van der Waals surface area contributed by atoms with Gasteiger partial charge in [0.25, 0.3) is 0 Å². The van der Waals surface area contributed by atoms with E-state index in [1.165, 1.54) is 5.56 Å². The van der Waals surface area contributed by atoms with Gasteiger partial charge in [-0.3, -0.25) is 9.78 Å². The fraction of sp³-hybridized carbons (Fsp3) is 0.538. The lowest BCUT2D eigenvalue weighted by atomic mass is 9.58. The largest absolute Gasteiger partial charge is 0.393 e. The Labute approximate surface area is 181 Å². The van der Waals surface area contributed by atoms with E-state index < -0.39 is 0 Å². The molecule has 0 bridgehead atoms. The van der Waals surface area contributed by atoms with Gasteiger partial charge in [0.2, 0.25) is 5.91 Å². The number of hydrogen-bond donors (Lipinski definition) is 2. The fourth-order valence-electron chi connectivity index (χ4n) is 5.22. The number of nitrogens with one attached hydrogen (secondary N) is 1. The lowest BCUT2D eigenvalue weighted by molar-refractivity contribution is -0.117. The molecule has 1 heterocycles. The van der Waals surface area contributed by atoms with Crippen molar-refractivity contribution in [1.29, 1.82) is 0 Å². The molecule has 0 saturated heterocycles. The summed E-state index contributed by atoms with van der Waals surface area (Å²) in [6.07, 6.45) is 16.1. The number of nitrogens with zero attached hydrogens (tertiary/aromatic N) is 1. The van der Waals surface area contributed by atoms with Crippen molar-refractivity contribution in [2.45, 2.75) is 46.6 Å². The van der Waals surface area contributed by atoms with E-state index in [0.29, 0.717) is 41.7 Å². The molecule has 1 amide bonds. The summed E-state index contributed by atoms with van der Waals surface area (Å²) in [5, 5.41) is 13.6. The second kappa shape index (κ2) is 10.2. The molecule has 1 aromatic heterocycles. The molecule has 0 spiro atoms. The summed E-state index contributed by atoms with van der Waals surface area (Å²) in [6.45, 7) is 9.07. The lowest BCUT2D eigenvalue weighted by Gasteiger charge is -2.48. The van der Waals surface area contributed by atoms with Gasteiger partial charge in [-0.05, 0) is 73.0 Å². The van der Waals surface area contributed by atoms with Gasteiger partial charge in [0, 0.05) is 24.5 Å². The van der Waals surface area contributed by atoms with Crippen LogP contribution in [0.2, 0.25) is 0 Å². The van der Waals surface area contributed by atoms with Crippen molar-refractivity contribution in [2.24, 2.45) is 35.5 Å². The molecule has 1 fully saturated rings. The first kappa shape index (κ1) is 22.5. The Hall–Kier alpha value is -2.20. The smallest absolute Gasteiger partial charge is 0.246 e. The third-order valence-corrected chi connectivity index (χ3v) is 7.07. The molecule has 162 valence electrons. The number of aliphatic hydroxyl groups excluding tert-OH is 1. The van der Waals surface area contributed by atoms with Gasteiger partial charge in [-0.15, -0.1) is 0 Å². The van der Waals surface area contributed by atoms with Gasteiger partial charge in [-0.2, -0.15) is 0 Å². The number of hydrogen-bond acceptors (Lipinski definition) is 3. The maximum absolute atomic E-state index is 12.4. The Morgan fingerprint density at radius 3 is 2.70 bits per heavy atom. The van der Waals surface area contributed by atoms with Crippen molar-refractivity contribution < 1.29 is 9.90 Å². The summed E-state index contributed by atoms with van der Waals surface area (Å²) < 4.78 is 0. The molecule has 4 nitrogen and oxygen atoms in total. The highest BCUT2D eigenvalue weighted by atomic mass is 16.3. The molecular formula is C26H36N2O2. The molecule has 1 saturated carbocycles. The normalized spacial score (nSPS) is 34.0. The standard InChI is InChI=1S/C26H36N2O2/c1-17-8-9-22-16-19(3)25(29)20(4)24(22)23(17)7-5-6-18(2)26(30)28-15-12-21-10-13-27-14-11-21/h5-11,13-14,17,19-20,22-25,29H,12,15-16H2,1-4H3,(H,28,30)/t17-,19+,20-,22-,23-,24-,25-/m0/s1. The number of carbonyl (C=O) groups is 1. The molecule has 0 unspecified atom stereocenters. The molecule has 2 aliphatic rings. The first-order chi connectivity index (χ1) is 14.4. The fourth-order valence-corrected chi connectivity index (χ4v) is 5.22. The Balaban J connectivity index is 1.58. The van der Waals surface area contributed by atoms with Crippen LogP contribution in [0, 0.1) is 35.5 Å². The number of aromatic nitrogens is 1. The van der Waals surface area contributed by atoms with Crippen molar-refractivity contribution in [3.8, 4) is 0 Å². The van der Waals surface area contributed by atoms with Crippen LogP contribution in [0.5, 0.6) is 0 Å². The van der Waals surface area contributed by atoms with Gasteiger partial charge in [0.05, 0.1) is 6.10 Å². The van der Waals surface area contributed by atoms with Crippen molar-refractivity contribution in [3.63, 3.8) is 0 Å². The highest BCUT2D eigenvalue weighted by Crippen LogP contribution is 2.48. The van der Waals surface area contributed by atoms with E-state index in [9.17, 15) is 9.90 Å². The summed E-state index contributed by atoms with van der Waals surface area (Å²) in [6, 6.07) is 3.93. The van der Waals surface area contributed by atoms with Crippen LogP contribution in [-0.2, 0) is 11.2 Å². The number of aliphatic hydroxyl groups is 1. The van der Waals surface area contributed by atoms with Crippen molar-refractivity contribution >= 4 is 5.91 Å². The van der Waals surface area contributed by atoms with E-state index in [1.54, 1.807) is 12.4 Å². The Kier molecular flexibility index (Phi) is 7.65. The van der Waals surface area contributed by atoms with Crippen LogP contribution >= 0.6 is 0 Å². The van der Waals surface area contributed by atoms with E-state index in [0.717, 1.165) is 12.8 Å². The van der Waals surface area contributed by atoms with Crippen LogP contribution in [0.3, 0.4) is 0 Å². The van der Waals surface area contributed by atoms with Crippen LogP contribution in [0.25, 0.3) is 0 Å². The lowest BCUT2D eigenvalue weighted by Crippen LogP contribution is -2.46. The van der Waals surface area contributed by atoms with E-state index in [-0.39, 0.29) is 17.9 Å². The Morgan fingerprint density at radius 2 is 1.97 bits per heavy atom. The van der Waals surface area contributed by atoms with E-state index >= 15 is 0 Å². The van der Waals surface area contributed by atoms with Crippen LogP contribution in [0.15, 0.2) is 60.5 Å². The molecule has 2 aliphatic carbocycles. The molecule has 1 aromatic rings. The minimum atomic E-state index is -0.232. The van der Waals surface area contributed by atoms with Crippen LogP contribution in [-0.4, -0.2) is 28.6 Å². The van der Waals surface area contributed by atoms with Gasteiger partial charge >= 0.3 is 0 Å². The molecule has 7 atom stereocenters. The van der Waals surface area contributed by atoms with E-state index in [2.05, 4.69) is 49.3 Å². The maximum Gasteiger partial charge on any atom is 0.246 e. The summed E-state index contributed by atoms with van der Waals surface area (Å²) in [7, 11) is 0. The molecular weight excluding hydrogens is 372 g/mol. The highest BCUT2D eigenvalue weighted by molar-refractivity contribution is 5.93. The summed E-state index contributed by atoms with van der Waals surface area (Å²) in [5.41, 5.74) is 1.88. The third-order valence-electron chi connectivity index (χ3n) is 7.07. The number of amides is 1. The number of pyridine rings is 1. The van der Waals surface area contributed by atoms with Crippen molar-refractivity contribution in [1.82, 2.24) is 10.3 Å². The first-order valence-electron chi connectivity index (χ1n) is 11.3. The minimum absolute atomic E-state index is 0.0292. The second-order valence-electron chi connectivity index (χ2n) is 9.22. The van der Waals surface area contributed by atoms with Crippen molar-refractivity contribution in [3.05, 3.63) is 66.0 Å². The quantitative estimate of drug-likeness (QED) is 0.418. The highest BCUT2D eigenvalue weighted by Gasteiger charge is 2.44. The SMILES string of the molecule is CC(=CC=C[C@@H]1[C@H]2[C@H](C)[C@@H](O)[C@H](C)C[C@@H]2C=C[C@@H]1C)C(=O)NCCc1ccncc1.